The smallest absolute Gasteiger partial charge is 0.140 e. The van der Waals surface area contributed by atoms with Crippen LogP contribution in [0.4, 0.5) is 4.39 Å². The third kappa shape index (κ3) is 2.67. The summed E-state index contributed by atoms with van der Waals surface area (Å²) in [6.45, 7) is 1.79. The number of hydrogen-bond acceptors (Lipinski definition) is 2. The molecule has 1 aromatic carbocycles. The molecule has 1 aliphatic rings. The van der Waals surface area contributed by atoms with Gasteiger partial charge in [-0.2, -0.15) is 0 Å². The van der Waals surface area contributed by atoms with Crippen LogP contribution in [0.15, 0.2) is 24.3 Å². The number of rotatable bonds is 3. The normalized spacial score (nSPS) is 17.3. The van der Waals surface area contributed by atoms with E-state index in [-0.39, 0.29) is 23.9 Å². The first-order valence-corrected chi connectivity index (χ1v) is 5.74. The monoisotopic (exact) mass is 221 g/mol. The highest BCUT2D eigenvalue weighted by Crippen LogP contribution is 2.17. The first-order chi connectivity index (χ1) is 7.77. The summed E-state index contributed by atoms with van der Waals surface area (Å²) in [6.07, 6.45) is 2.00. The van der Waals surface area contributed by atoms with E-state index in [1.807, 2.05) is 0 Å². The number of ketones is 1. The fourth-order valence-electron chi connectivity index (χ4n) is 2.12. The third-order valence-electron chi connectivity index (χ3n) is 3.12. The van der Waals surface area contributed by atoms with Crippen LogP contribution in [0.2, 0.25) is 0 Å². The Bertz CT molecular complexity index is 372. The lowest BCUT2D eigenvalue weighted by molar-refractivity contribution is -0.122. The lowest BCUT2D eigenvalue weighted by atomic mass is 9.90. The summed E-state index contributed by atoms with van der Waals surface area (Å²) >= 11 is 0. The topological polar surface area (TPSA) is 29.1 Å². The van der Waals surface area contributed by atoms with Crippen LogP contribution in [0.25, 0.3) is 0 Å². The van der Waals surface area contributed by atoms with Crippen LogP contribution >= 0.6 is 0 Å². The summed E-state index contributed by atoms with van der Waals surface area (Å²) in [5.74, 6) is 0.0113. The summed E-state index contributed by atoms with van der Waals surface area (Å²) in [5, 5.41) is 3.22. The molecule has 2 rings (SSSR count). The highest BCUT2D eigenvalue weighted by molar-refractivity contribution is 5.83. The molecule has 0 atom stereocenters. The maximum Gasteiger partial charge on any atom is 0.140 e. The first-order valence-electron chi connectivity index (χ1n) is 5.74. The predicted molar refractivity (Wildman–Crippen MR) is 60.7 cm³/mol. The van der Waals surface area contributed by atoms with Gasteiger partial charge >= 0.3 is 0 Å². The maximum absolute atomic E-state index is 13.4. The number of halogens is 1. The molecule has 0 aliphatic carbocycles. The number of hydrogen-bond donors (Lipinski definition) is 1. The van der Waals surface area contributed by atoms with Crippen LogP contribution in [0, 0.1) is 11.7 Å². The summed E-state index contributed by atoms with van der Waals surface area (Å²) in [6, 6.07) is 6.52. The molecule has 1 fully saturated rings. The van der Waals surface area contributed by atoms with E-state index in [1.165, 1.54) is 6.07 Å². The van der Waals surface area contributed by atoms with Gasteiger partial charge in [0.1, 0.15) is 11.6 Å². The largest absolute Gasteiger partial charge is 0.317 e. The van der Waals surface area contributed by atoms with E-state index in [0.717, 1.165) is 25.9 Å². The Balaban J connectivity index is 1.99. The van der Waals surface area contributed by atoms with Gasteiger partial charge in [0.15, 0.2) is 0 Å². The van der Waals surface area contributed by atoms with E-state index in [0.29, 0.717) is 5.56 Å². The SMILES string of the molecule is O=C(Cc1ccccc1F)C1CCNCC1. The van der Waals surface area contributed by atoms with Gasteiger partial charge in [0.05, 0.1) is 0 Å². The molecule has 0 radical (unpaired) electrons. The van der Waals surface area contributed by atoms with Crippen LogP contribution in [-0.4, -0.2) is 18.9 Å². The standard InChI is InChI=1S/C13H16FNO/c14-12-4-2-1-3-11(12)9-13(16)10-5-7-15-8-6-10/h1-4,10,15H,5-9H2. The van der Waals surface area contributed by atoms with Gasteiger partial charge in [-0.15, -0.1) is 0 Å². The lowest BCUT2D eigenvalue weighted by Crippen LogP contribution is -2.32. The molecule has 1 aromatic rings. The van der Waals surface area contributed by atoms with Gasteiger partial charge in [0.25, 0.3) is 0 Å². The van der Waals surface area contributed by atoms with Gasteiger partial charge in [0, 0.05) is 12.3 Å². The number of piperidine rings is 1. The lowest BCUT2D eigenvalue weighted by Gasteiger charge is -2.21. The van der Waals surface area contributed by atoms with E-state index in [4.69, 9.17) is 0 Å². The fraction of sp³-hybridized carbons (Fsp3) is 0.462. The van der Waals surface area contributed by atoms with E-state index < -0.39 is 0 Å². The molecule has 0 amide bonds. The highest BCUT2D eigenvalue weighted by atomic mass is 19.1. The van der Waals surface area contributed by atoms with E-state index in [1.54, 1.807) is 18.2 Å². The molecule has 2 nitrogen and oxygen atoms in total. The zero-order chi connectivity index (χ0) is 11.4. The predicted octanol–water partition coefficient (Wildman–Crippen LogP) is 1.94. The summed E-state index contributed by atoms with van der Waals surface area (Å²) in [5.41, 5.74) is 0.519. The Morgan fingerprint density at radius 2 is 2.00 bits per heavy atom. The van der Waals surface area contributed by atoms with E-state index >= 15 is 0 Å². The van der Waals surface area contributed by atoms with Crippen molar-refractivity contribution in [3.63, 3.8) is 0 Å². The van der Waals surface area contributed by atoms with Crippen molar-refractivity contribution in [2.45, 2.75) is 19.3 Å². The van der Waals surface area contributed by atoms with Gasteiger partial charge < -0.3 is 5.32 Å². The Hall–Kier alpha value is -1.22. The average molecular weight is 221 g/mol. The zero-order valence-electron chi connectivity index (χ0n) is 9.21. The second-order valence-electron chi connectivity index (χ2n) is 4.26. The molecule has 16 heavy (non-hydrogen) atoms. The minimum Gasteiger partial charge on any atom is -0.317 e. The molecule has 86 valence electrons. The second-order valence-corrected chi connectivity index (χ2v) is 4.26. The fourth-order valence-corrected chi connectivity index (χ4v) is 2.12. The van der Waals surface area contributed by atoms with Gasteiger partial charge in [-0.1, -0.05) is 18.2 Å². The third-order valence-corrected chi connectivity index (χ3v) is 3.12. The van der Waals surface area contributed by atoms with Crippen LogP contribution in [0.1, 0.15) is 18.4 Å². The van der Waals surface area contributed by atoms with Gasteiger partial charge in [-0.25, -0.2) is 4.39 Å². The van der Waals surface area contributed by atoms with E-state index in [2.05, 4.69) is 5.32 Å². The van der Waals surface area contributed by atoms with Crippen molar-refractivity contribution in [2.24, 2.45) is 5.92 Å². The number of Topliss-reactive ketones (excluding diaryl/α,β-unsaturated/α-hetero) is 1. The summed E-state index contributed by atoms with van der Waals surface area (Å²) in [7, 11) is 0. The van der Waals surface area contributed by atoms with Crippen LogP contribution < -0.4 is 5.32 Å². The van der Waals surface area contributed by atoms with Crippen LogP contribution in [0.5, 0.6) is 0 Å². The number of carbonyl (C=O) groups is 1. The van der Waals surface area contributed by atoms with Crippen LogP contribution in [0.3, 0.4) is 0 Å². The molecule has 1 heterocycles. The van der Waals surface area contributed by atoms with Crippen molar-refractivity contribution in [3.05, 3.63) is 35.6 Å². The first kappa shape index (κ1) is 11.3. The number of nitrogens with one attached hydrogen (secondary N) is 1. The maximum atomic E-state index is 13.4. The summed E-state index contributed by atoms with van der Waals surface area (Å²) in [4.78, 5) is 11.9. The molecule has 0 spiro atoms. The Kier molecular flexibility index (Phi) is 3.67. The molecule has 0 saturated carbocycles. The average Bonchev–Trinajstić information content (AvgIpc) is 2.33. The van der Waals surface area contributed by atoms with Crippen LogP contribution in [-0.2, 0) is 11.2 Å². The van der Waals surface area contributed by atoms with Crippen molar-refractivity contribution in [1.29, 1.82) is 0 Å². The number of carbonyl (C=O) groups excluding carboxylic acids is 1. The highest BCUT2D eigenvalue weighted by Gasteiger charge is 2.21. The number of benzene rings is 1. The van der Waals surface area contributed by atoms with Gasteiger partial charge in [-0.3, -0.25) is 4.79 Å². The molecule has 1 aliphatic heterocycles. The Morgan fingerprint density at radius 3 is 2.69 bits per heavy atom. The molecule has 1 N–H and O–H groups in total. The van der Waals surface area contributed by atoms with Crippen molar-refractivity contribution < 1.29 is 9.18 Å². The molecule has 0 unspecified atom stereocenters. The Labute approximate surface area is 94.9 Å². The van der Waals surface area contributed by atoms with Crippen molar-refractivity contribution in [2.75, 3.05) is 13.1 Å². The van der Waals surface area contributed by atoms with Crippen molar-refractivity contribution in [3.8, 4) is 0 Å². The van der Waals surface area contributed by atoms with Crippen molar-refractivity contribution >= 4 is 5.78 Å². The van der Waals surface area contributed by atoms with Crippen molar-refractivity contribution in [1.82, 2.24) is 5.32 Å². The quantitative estimate of drug-likeness (QED) is 0.845. The minimum absolute atomic E-state index is 0.112. The van der Waals surface area contributed by atoms with Gasteiger partial charge in [-0.05, 0) is 37.6 Å². The summed E-state index contributed by atoms with van der Waals surface area (Å²) < 4.78 is 13.4. The van der Waals surface area contributed by atoms with Gasteiger partial charge in [0.2, 0.25) is 0 Å². The molecular weight excluding hydrogens is 205 g/mol. The molecule has 1 saturated heterocycles. The molecule has 3 heteroatoms. The minimum atomic E-state index is -0.273. The molecular formula is C13H16FNO. The molecule has 0 bridgehead atoms. The zero-order valence-corrected chi connectivity index (χ0v) is 9.21. The Morgan fingerprint density at radius 1 is 1.31 bits per heavy atom. The molecule has 0 aromatic heterocycles. The van der Waals surface area contributed by atoms with E-state index in [9.17, 15) is 9.18 Å². The second kappa shape index (κ2) is 5.21.